The van der Waals surface area contributed by atoms with Crippen molar-refractivity contribution in [3.8, 4) is 5.75 Å². The zero-order chi connectivity index (χ0) is 20.1. The van der Waals surface area contributed by atoms with Gasteiger partial charge in [-0.2, -0.15) is 20.1 Å². The second kappa shape index (κ2) is 8.43. The second-order valence-corrected chi connectivity index (χ2v) is 6.13. The van der Waals surface area contributed by atoms with Crippen LogP contribution in [0.15, 0.2) is 23.3 Å². The van der Waals surface area contributed by atoms with Gasteiger partial charge in [0.1, 0.15) is 0 Å². The highest BCUT2D eigenvalue weighted by atomic mass is 16.6. The smallest absolute Gasteiger partial charge is 0.311 e. The first kappa shape index (κ1) is 19.2. The molecule has 3 rings (SSSR count). The van der Waals surface area contributed by atoms with Crippen molar-refractivity contribution in [2.75, 3.05) is 55.6 Å². The summed E-state index contributed by atoms with van der Waals surface area (Å²) in [6.45, 7) is 2.56. The Balaban J connectivity index is 1.79. The first-order valence-electron chi connectivity index (χ1n) is 8.46. The molecule has 2 N–H and O–H groups in total. The summed E-state index contributed by atoms with van der Waals surface area (Å²) in [5.74, 6) is 0.817. The van der Waals surface area contributed by atoms with Gasteiger partial charge in [-0.25, -0.2) is 5.43 Å². The van der Waals surface area contributed by atoms with E-state index in [4.69, 9.17) is 4.74 Å². The molecule has 12 heteroatoms. The monoisotopic (exact) mass is 388 g/mol. The average Bonchev–Trinajstić information content (AvgIpc) is 2.69. The molecular formula is C16H20N8O4. The number of phenolic OH excluding ortho intramolecular Hbond substituents is 1. The molecule has 0 atom stereocenters. The molecule has 0 unspecified atom stereocenters. The minimum absolute atomic E-state index is 0.240. The Morgan fingerprint density at radius 3 is 2.75 bits per heavy atom. The van der Waals surface area contributed by atoms with Gasteiger partial charge in [0.25, 0.3) is 0 Å². The van der Waals surface area contributed by atoms with Crippen LogP contribution in [0, 0.1) is 10.1 Å². The van der Waals surface area contributed by atoms with Gasteiger partial charge in [0.2, 0.25) is 17.8 Å². The van der Waals surface area contributed by atoms with E-state index in [9.17, 15) is 15.2 Å². The maximum absolute atomic E-state index is 10.9. The Labute approximate surface area is 160 Å². The fourth-order valence-electron chi connectivity index (χ4n) is 2.44. The van der Waals surface area contributed by atoms with E-state index in [1.807, 2.05) is 19.0 Å². The molecule has 148 valence electrons. The standard InChI is InChI=1S/C16H20N8O4/c1-22(2)15-18-14(19-16(20-15)23-5-7-28-8-6-23)21-17-10-11-3-4-13(25)12(9-11)24(26)27/h3-4,9-10,25H,5-8H2,1-2H3,(H,18,19,20,21). The van der Waals surface area contributed by atoms with Gasteiger partial charge < -0.3 is 19.6 Å². The first-order valence-corrected chi connectivity index (χ1v) is 8.46. The van der Waals surface area contributed by atoms with E-state index < -0.39 is 16.4 Å². The largest absolute Gasteiger partial charge is 0.502 e. The molecule has 2 heterocycles. The third-order valence-electron chi connectivity index (χ3n) is 3.88. The van der Waals surface area contributed by atoms with Gasteiger partial charge in [-0.1, -0.05) is 0 Å². The van der Waals surface area contributed by atoms with Gasteiger partial charge in [0.05, 0.1) is 24.4 Å². The van der Waals surface area contributed by atoms with Crippen molar-refractivity contribution in [1.82, 2.24) is 15.0 Å². The van der Waals surface area contributed by atoms with E-state index in [-0.39, 0.29) is 5.95 Å². The molecule has 1 fully saturated rings. The molecule has 0 aliphatic carbocycles. The van der Waals surface area contributed by atoms with E-state index in [1.54, 1.807) is 4.90 Å². The number of nitro benzene ring substituents is 1. The lowest BCUT2D eigenvalue weighted by molar-refractivity contribution is -0.385. The van der Waals surface area contributed by atoms with E-state index in [2.05, 4.69) is 25.5 Å². The number of morpholine rings is 1. The Hall–Kier alpha value is -3.54. The number of hydrogen-bond donors (Lipinski definition) is 2. The van der Waals surface area contributed by atoms with Crippen molar-refractivity contribution >= 4 is 29.7 Å². The lowest BCUT2D eigenvalue weighted by atomic mass is 10.2. The molecule has 1 aromatic carbocycles. The lowest BCUT2D eigenvalue weighted by Crippen LogP contribution is -2.37. The van der Waals surface area contributed by atoms with Gasteiger partial charge >= 0.3 is 5.69 Å². The van der Waals surface area contributed by atoms with E-state index >= 15 is 0 Å². The summed E-state index contributed by atoms with van der Waals surface area (Å²) in [5.41, 5.74) is 2.76. The predicted molar refractivity (Wildman–Crippen MR) is 103 cm³/mol. The number of rotatable bonds is 6. The molecule has 1 aliphatic heterocycles. The second-order valence-electron chi connectivity index (χ2n) is 6.13. The highest BCUT2D eigenvalue weighted by Crippen LogP contribution is 2.25. The zero-order valence-electron chi connectivity index (χ0n) is 15.4. The summed E-state index contributed by atoms with van der Waals surface area (Å²) in [4.78, 5) is 27.1. The van der Waals surface area contributed by atoms with Crippen molar-refractivity contribution in [2.24, 2.45) is 5.10 Å². The number of aromatic hydroxyl groups is 1. The predicted octanol–water partition coefficient (Wildman–Crippen LogP) is 0.834. The van der Waals surface area contributed by atoms with Crippen LogP contribution in [0.4, 0.5) is 23.5 Å². The lowest BCUT2D eigenvalue weighted by Gasteiger charge is -2.27. The van der Waals surface area contributed by atoms with Crippen LogP contribution >= 0.6 is 0 Å². The van der Waals surface area contributed by atoms with E-state index in [1.165, 1.54) is 24.4 Å². The molecule has 1 aromatic heterocycles. The Morgan fingerprint density at radius 1 is 1.32 bits per heavy atom. The Kier molecular flexibility index (Phi) is 5.79. The number of phenols is 1. The molecule has 2 aromatic rings. The summed E-state index contributed by atoms with van der Waals surface area (Å²) in [6, 6.07) is 3.97. The van der Waals surface area contributed by atoms with Crippen LogP contribution in [0.2, 0.25) is 0 Å². The molecule has 1 saturated heterocycles. The third-order valence-corrected chi connectivity index (χ3v) is 3.88. The van der Waals surface area contributed by atoms with Crippen molar-refractivity contribution in [3.05, 3.63) is 33.9 Å². The Morgan fingerprint density at radius 2 is 2.07 bits per heavy atom. The number of benzene rings is 1. The molecule has 0 radical (unpaired) electrons. The third kappa shape index (κ3) is 4.59. The van der Waals surface area contributed by atoms with Crippen LogP contribution in [0.1, 0.15) is 5.56 Å². The molecule has 0 saturated carbocycles. The number of hydrazone groups is 1. The van der Waals surface area contributed by atoms with Crippen LogP contribution in [0.3, 0.4) is 0 Å². The number of ether oxygens (including phenoxy) is 1. The molecule has 28 heavy (non-hydrogen) atoms. The fraction of sp³-hybridized carbons (Fsp3) is 0.375. The van der Waals surface area contributed by atoms with Crippen LogP contribution in [0.5, 0.6) is 5.75 Å². The number of hydrogen-bond acceptors (Lipinski definition) is 11. The SMILES string of the molecule is CN(C)c1nc(NN=Cc2ccc(O)c([N+](=O)[O-])c2)nc(N2CCOCC2)n1. The van der Waals surface area contributed by atoms with E-state index in [0.29, 0.717) is 43.8 Å². The van der Waals surface area contributed by atoms with Crippen molar-refractivity contribution < 1.29 is 14.8 Å². The summed E-state index contributed by atoms with van der Waals surface area (Å²) in [7, 11) is 3.64. The van der Waals surface area contributed by atoms with Crippen molar-refractivity contribution in [1.29, 1.82) is 0 Å². The summed E-state index contributed by atoms with van der Waals surface area (Å²) < 4.78 is 5.35. The normalized spacial score (nSPS) is 14.3. The van der Waals surface area contributed by atoms with Gasteiger partial charge in [0.15, 0.2) is 5.75 Å². The van der Waals surface area contributed by atoms with Crippen molar-refractivity contribution in [3.63, 3.8) is 0 Å². The van der Waals surface area contributed by atoms with Gasteiger partial charge in [-0.15, -0.1) is 0 Å². The van der Waals surface area contributed by atoms with Gasteiger partial charge in [-0.3, -0.25) is 10.1 Å². The first-order chi connectivity index (χ1) is 13.4. The number of nitro groups is 1. The minimum atomic E-state index is -0.663. The van der Waals surface area contributed by atoms with Crippen LogP contribution in [-0.2, 0) is 4.74 Å². The van der Waals surface area contributed by atoms with Crippen LogP contribution < -0.4 is 15.2 Å². The average molecular weight is 388 g/mol. The summed E-state index contributed by atoms with van der Waals surface area (Å²) >= 11 is 0. The van der Waals surface area contributed by atoms with Gasteiger partial charge in [0, 0.05) is 38.8 Å². The fourth-order valence-corrected chi connectivity index (χ4v) is 2.44. The molecule has 0 spiro atoms. The molecule has 0 amide bonds. The molecule has 1 aliphatic rings. The zero-order valence-corrected chi connectivity index (χ0v) is 15.4. The number of anilines is 3. The topological polar surface area (TPSA) is 142 Å². The molecule has 0 bridgehead atoms. The maximum Gasteiger partial charge on any atom is 0.311 e. The van der Waals surface area contributed by atoms with E-state index in [0.717, 1.165) is 0 Å². The Bertz CT molecular complexity index is 883. The quantitative estimate of drug-likeness (QED) is 0.415. The number of nitrogens with one attached hydrogen (secondary N) is 1. The van der Waals surface area contributed by atoms with Crippen molar-refractivity contribution in [2.45, 2.75) is 0 Å². The van der Waals surface area contributed by atoms with Crippen LogP contribution in [-0.4, -0.2) is 71.6 Å². The number of nitrogens with zero attached hydrogens (tertiary/aromatic N) is 7. The maximum atomic E-state index is 10.9. The minimum Gasteiger partial charge on any atom is -0.502 e. The highest BCUT2D eigenvalue weighted by Gasteiger charge is 2.17. The molecule has 12 nitrogen and oxygen atoms in total. The van der Waals surface area contributed by atoms with Gasteiger partial charge in [-0.05, 0) is 12.1 Å². The molecular weight excluding hydrogens is 368 g/mol. The highest BCUT2D eigenvalue weighted by molar-refractivity contribution is 5.81. The number of aromatic nitrogens is 3. The summed E-state index contributed by atoms with van der Waals surface area (Å²) in [5, 5.41) is 24.4. The summed E-state index contributed by atoms with van der Waals surface area (Å²) in [6.07, 6.45) is 1.37. The van der Waals surface area contributed by atoms with Crippen LogP contribution in [0.25, 0.3) is 0 Å².